The van der Waals surface area contributed by atoms with Crippen molar-refractivity contribution in [3.63, 3.8) is 0 Å². The lowest BCUT2D eigenvalue weighted by atomic mass is 10.1. The molecular weight excluding hydrogens is 624 g/mol. The fourth-order valence-corrected chi connectivity index (χ4v) is 4.94. The highest BCUT2D eigenvalue weighted by molar-refractivity contribution is 6.07. The minimum Gasteiger partial charge on any atom is -0.466 e. The number of esters is 1. The first-order valence-electron chi connectivity index (χ1n) is 16.4. The molecule has 0 spiro atoms. The van der Waals surface area contributed by atoms with Gasteiger partial charge in [-0.25, -0.2) is 14.8 Å². The number of imidazole rings is 1. The molecule has 13 nitrogen and oxygen atoms in total. The minimum absolute atomic E-state index is 0.0504. The number of aryl methyl sites for hydroxylation is 1. The minimum atomic E-state index is -0.519. The van der Waals surface area contributed by atoms with Gasteiger partial charge >= 0.3 is 12.1 Å². The molecule has 0 aliphatic heterocycles. The zero-order valence-electron chi connectivity index (χ0n) is 28.9. The molecule has 49 heavy (non-hydrogen) atoms. The number of nitrogens with zero attached hydrogens (tertiary/aromatic N) is 5. The van der Waals surface area contributed by atoms with Crippen molar-refractivity contribution in [1.29, 1.82) is 0 Å². The Morgan fingerprint density at radius 2 is 1.78 bits per heavy atom. The molecule has 0 saturated carbocycles. The molecule has 0 bridgehead atoms. The number of ether oxygens (including phenoxy) is 2. The number of carbonyl (C=O) groups is 3. The van der Waals surface area contributed by atoms with Crippen LogP contribution in [0.1, 0.15) is 68.7 Å². The van der Waals surface area contributed by atoms with Gasteiger partial charge < -0.3 is 30.4 Å². The van der Waals surface area contributed by atoms with Gasteiger partial charge in [-0.05, 0) is 95.1 Å². The van der Waals surface area contributed by atoms with Gasteiger partial charge in [-0.1, -0.05) is 6.07 Å². The van der Waals surface area contributed by atoms with Crippen molar-refractivity contribution in [3.8, 4) is 0 Å². The average Bonchev–Trinajstić information content (AvgIpc) is 3.39. The van der Waals surface area contributed by atoms with E-state index in [4.69, 9.17) is 20.2 Å². The molecule has 260 valence electrons. The Bertz CT molecular complexity index is 1750. The summed E-state index contributed by atoms with van der Waals surface area (Å²) in [5, 5.41) is 6.14. The molecule has 0 aliphatic rings. The summed E-state index contributed by atoms with van der Waals surface area (Å²) in [4.78, 5) is 52.5. The number of nitrogens with one attached hydrogen (secondary N) is 2. The molecule has 0 fully saturated rings. The van der Waals surface area contributed by atoms with Gasteiger partial charge in [-0.2, -0.15) is 0 Å². The quantitative estimate of drug-likeness (QED) is 0.0668. The molecular formula is C36H46N8O5. The van der Waals surface area contributed by atoms with Crippen molar-refractivity contribution in [2.24, 2.45) is 17.8 Å². The molecule has 4 aromatic rings. The number of unbranched alkanes of at least 4 members (excludes halogenated alkanes) is 1. The van der Waals surface area contributed by atoms with E-state index < -0.39 is 11.7 Å². The molecule has 0 saturated heterocycles. The second-order valence-corrected chi connectivity index (χ2v) is 12.3. The first-order valence-corrected chi connectivity index (χ1v) is 16.4. The van der Waals surface area contributed by atoms with Crippen LogP contribution in [0.2, 0.25) is 0 Å². The highest BCUT2D eigenvalue weighted by atomic mass is 16.6. The third-order valence-corrected chi connectivity index (χ3v) is 7.40. The summed E-state index contributed by atoms with van der Waals surface area (Å²) in [5.41, 5.74) is 9.39. The number of amides is 2. The number of amidine groups is 1. The molecule has 13 heteroatoms. The van der Waals surface area contributed by atoms with Crippen LogP contribution in [0, 0.1) is 0 Å². The number of rotatable bonds is 15. The van der Waals surface area contributed by atoms with Gasteiger partial charge in [0, 0.05) is 49.7 Å². The Morgan fingerprint density at radius 3 is 2.47 bits per heavy atom. The second kappa shape index (κ2) is 17.1. The first kappa shape index (κ1) is 36.4. The molecule has 0 radical (unpaired) electrons. The van der Waals surface area contributed by atoms with Crippen molar-refractivity contribution in [2.75, 3.05) is 36.5 Å². The Balaban J connectivity index is 1.33. The monoisotopic (exact) mass is 670 g/mol. The van der Waals surface area contributed by atoms with Gasteiger partial charge in [0.2, 0.25) is 0 Å². The maximum Gasteiger partial charge on any atom is 0.407 e. The normalized spacial score (nSPS) is 11.7. The number of pyridine rings is 1. The van der Waals surface area contributed by atoms with E-state index in [0.29, 0.717) is 42.4 Å². The van der Waals surface area contributed by atoms with Gasteiger partial charge in [-0.3, -0.25) is 19.5 Å². The lowest BCUT2D eigenvalue weighted by Crippen LogP contribution is -2.34. The van der Waals surface area contributed by atoms with Gasteiger partial charge in [0.1, 0.15) is 23.1 Å². The number of fused-ring (bicyclic) bond motifs is 1. The average molecular weight is 671 g/mol. The van der Waals surface area contributed by atoms with E-state index in [1.54, 1.807) is 43.5 Å². The number of nitrogens with two attached hydrogens (primary N) is 1. The lowest BCUT2D eigenvalue weighted by Gasteiger charge is -2.21. The molecule has 2 aromatic carbocycles. The summed E-state index contributed by atoms with van der Waals surface area (Å²) in [7, 11) is 1.93. The Morgan fingerprint density at radius 1 is 1.02 bits per heavy atom. The van der Waals surface area contributed by atoms with E-state index in [0.717, 1.165) is 35.4 Å². The van der Waals surface area contributed by atoms with E-state index in [2.05, 4.69) is 20.6 Å². The molecule has 0 unspecified atom stereocenters. The van der Waals surface area contributed by atoms with Crippen LogP contribution in [0.4, 0.5) is 16.3 Å². The van der Waals surface area contributed by atoms with E-state index in [9.17, 15) is 14.4 Å². The smallest absolute Gasteiger partial charge is 0.407 e. The highest BCUT2D eigenvalue weighted by Crippen LogP contribution is 2.21. The van der Waals surface area contributed by atoms with Gasteiger partial charge in [0.05, 0.1) is 30.6 Å². The van der Waals surface area contributed by atoms with Crippen molar-refractivity contribution < 1.29 is 23.9 Å². The third kappa shape index (κ3) is 10.8. The van der Waals surface area contributed by atoms with Crippen LogP contribution in [-0.2, 0) is 27.9 Å². The van der Waals surface area contributed by atoms with Crippen molar-refractivity contribution in [2.45, 2.75) is 59.1 Å². The topological polar surface area (TPSA) is 166 Å². The maximum atomic E-state index is 13.6. The number of carbonyl (C=O) groups excluding carboxylic acids is 3. The van der Waals surface area contributed by atoms with Gasteiger partial charge in [0.15, 0.2) is 0 Å². The van der Waals surface area contributed by atoms with Crippen molar-refractivity contribution >= 4 is 46.3 Å². The fraction of sp³-hybridized carbons (Fsp3) is 0.389. The largest absolute Gasteiger partial charge is 0.466 e. The van der Waals surface area contributed by atoms with E-state index in [1.165, 1.54) is 4.90 Å². The first-order chi connectivity index (χ1) is 23.4. The summed E-state index contributed by atoms with van der Waals surface area (Å²) >= 11 is 0. The highest BCUT2D eigenvalue weighted by Gasteiger charge is 2.21. The van der Waals surface area contributed by atoms with Crippen LogP contribution in [-0.4, -0.2) is 70.2 Å². The zero-order valence-corrected chi connectivity index (χ0v) is 28.9. The summed E-state index contributed by atoms with van der Waals surface area (Å²) in [6, 6.07) is 18.4. The molecule has 4 N–H and O–H groups in total. The maximum absolute atomic E-state index is 13.6. The molecule has 2 aromatic heterocycles. The number of hydrogen-bond donors (Lipinski definition) is 3. The van der Waals surface area contributed by atoms with Crippen LogP contribution in [0.25, 0.3) is 11.0 Å². The van der Waals surface area contributed by atoms with Crippen molar-refractivity contribution in [1.82, 2.24) is 19.9 Å². The Kier molecular flexibility index (Phi) is 12.7. The standard InChI is InChI=1S/C36H46N8O5/c1-6-48-32(45)18-22-44(30-11-7-8-19-38-30)34(46)26-14-17-29-28(23-26)42-31(43(29)5)24-41-27-15-12-25(13-16-27)33(37)39-20-9-10-21-40-35(47)49-36(2,3)4/h7-8,11-17,19,23,41H,6,9-10,18,20-22,24H2,1-5H3,(H2,37,39)(H,40,47). The number of alkyl carbamates (subject to hydrolysis) is 1. The molecule has 4 rings (SSSR count). The van der Waals surface area contributed by atoms with E-state index in [-0.39, 0.29) is 31.4 Å². The molecule has 2 amide bonds. The predicted octanol–water partition coefficient (Wildman–Crippen LogP) is 5.19. The number of anilines is 2. The summed E-state index contributed by atoms with van der Waals surface area (Å²) in [6.45, 7) is 9.16. The van der Waals surface area contributed by atoms with Crippen LogP contribution < -0.4 is 21.3 Å². The molecule has 0 atom stereocenters. The summed E-state index contributed by atoms with van der Waals surface area (Å²) in [6.07, 6.45) is 2.78. The predicted molar refractivity (Wildman–Crippen MR) is 191 cm³/mol. The fourth-order valence-electron chi connectivity index (χ4n) is 4.94. The molecule has 2 heterocycles. The summed E-state index contributed by atoms with van der Waals surface area (Å²) < 4.78 is 12.3. The van der Waals surface area contributed by atoms with E-state index >= 15 is 0 Å². The number of aliphatic imine (C=N–C) groups is 1. The van der Waals surface area contributed by atoms with Crippen LogP contribution in [0.5, 0.6) is 0 Å². The van der Waals surface area contributed by atoms with Crippen LogP contribution in [0.3, 0.4) is 0 Å². The lowest BCUT2D eigenvalue weighted by molar-refractivity contribution is -0.142. The van der Waals surface area contributed by atoms with Gasteiger partial charge in [-0.15, -0.1) is 0 Å². The van der Waals surface area contributed by atoms with Crippen LogP contribution in [0.15, 0.2) is 71.9 Å². The van der Waals surface area contributed by atoms with Crippen LogP contribution >= 0.6 is 0 Å². The van der Waals surface area contributed by atoms with Crippen molar-refractivity contribution in [3.05, 3.63) is 83.8 Å². The van der Waals surface area contributed by atoms with Gasteiger partial charge in [0.25, 0.3) is 5.91 Å². The Labute approximate surface area is 286 Å². The summed E-state index contributed by atoms with van der Waals surface area (Å²) in [5.74, 6) is 1.03. The SMILES string of the molecule is CCOC(=O)CCN(C(=O)c1ccc2c(c1)nc(CNc1ccc(C(N)=NCCCCNC(=O)OC(C)(C)C)cc1)n2C)c1ccccn1. The second-order valence-electron chi connectivity index (χ2n) is 12.3. The number of aromatic nitrogens is 3. The Hall–Kier alpha value is -5.46. The molecule has 0 aliphatic carbocycles. The zero-order chi connectivity index (χ0) is 35.4. The third-order valence-electron chi connectivity index (χ3n) is 7.40. The number of hydrogen-bond acceptors (Lipinski definition) is 9. The number of benzene rings is 2. The van der Waals surface area contributed by atoms with E-state index in [1.807, 2.05) is 62.7 Å².